The van der Waals surface area contributed by atoms with E-state index in [4.69, 9.17) is 23.2 Å². The van der Waals surface area contributed by atoms with E-state index in [1.54, 1.807) is 11.0 Å². The number of rotatable bonds is 5. The Morgan fingerprint density at radius 3 is 2.82 bits per heavy atom. The normalized spacial score (nSPS) is 19.4. The standard InChI is InChI=1S/C25H25Cl2F3N6O2/c1-13-23-14(4-15(26)5-17(23)27)2-3-36(13)22(37)8-32-20-7-19-16(6-18(20)28)24(38)34-21(33-19)9-35-11-25(29,30)10-31-12-35/h4-7,13,31-32H,2-3,8-12H2,1H3,(H,33,34,38). The first-order chi connectivity index (χ1) is 18.0. The number of fused-ring (bicyclic) bond motifs is 2. The Morgan fingerprint density at radius 1 is 1.26 bits per heavy atom. The van der Waals surface area contributed by atoms with Crippen LogP contribution in [0, 0.1) is 5.82 Å². The molecule has 5 rings (SSSR count). The van der Waals surface area contributed by atoms with E-state index in [0.29, 0.717) is 23.0 Å². The Bertz CT molecular complexity index is 1470. The molecule has 0 radical (unpaired) electrons. The minimum absolute atomic E-state index is 0.00375. The second kappa shape index (κ2) is 10.4. The zero-order valence-electron chi connectivity index (χ0n) is 20.4. The number of aromatic amines is 1. The molecule has 0 aliphatic carbocycles. The molecule has 3 heterocycles. The smallest absolute Gasteiger partial charge is 0.272 e. The fourth-order valence-corrected chi connectivity index (χ4v) is 5.79. The Morgan fingerprint density at radius 2 is 2.05 bits per heavy atom. The third-order valence-corrected chi connectivity index (χ3v) is 7.36. The van der Waals surface area contributed by atoms with Gasteiger partial charge < -0.3 is 15.2 Å². The Balaban J connectivity index is 1.32. The Kier molecular flexibility index (Phi) is 7.29. The molecule has 0 saturated carbocycles. The van der Waals surface area contributed by atoms with Gasteiger partial charge in [-0.25, -0.2) is 18.2 Å². The van der Waals surface area contributed by atoms with Gasteiger partial charge in [-0.05, 0) is 48.7 Å². The van der Waals surface area contributed by atoms with Crippen molar-refractivity contribution < 1.29 is 18.0 Å². The highest BCUT2D eigenvalue weighted by atomic mass is 35.5. The lowest BCUT2D eigenvalue weighted by atomic mass is 9.93. The fourth-order valence-electron chi connectivity index (χ4n) is 5.09. The molecule has 0 bridgehead atoms. The molecule has 1 aromatic heterocycles. The highest BCUT2D eigenvalue weighted by molar-refractivity contribution is 6.35. The fraction of sp³-hybridized carbons (Fsp3) is 0.400. The summed E-state index contributed by atoms with van der Waals surface area (Å²) < 4.78 is 42.2. The number of nitrogens with one attached hydrogen (secondary N) is 3. The molecule has 8 nitrogen and oxygen atoms in total. The van der Waals surface area contributed by atoms with Crippen molar-refractivity contribution in [3.05, 3.63) is 67.4 Å². The summed E-state index contributed by atoms with van der Waals surface area (Å²) in [5.41, 5.74) is 1.42. The van der Waals surface area contributed by atoms with Crippen LogP contribution < -0.4 is 16.2 Å². The zero-order chi connectivity index (χ0) is 27.2. The molecule has 0 spiro atoms. The van der Waals surface area contributed by atoms with Crippen molar-refractivity contribution in [2.24, 2.45) is 0 Å². The average Bonchev–Trinajstić information content (AvgIpc) is 2.82. The van der Waals surface area contributed by atoms with Crippen LogP contribution in [0.15, 0.2) is 29.1 Å². The SMILES string of the molecule is CC1c2c(Cl)cc(Cl)cc2CCN1C(=O)CNc1cc2nc(CN3CNCC(F)(F)C3)[nH]c(=O)c2cc1F. The Labute approximate surface area is 226 Å². The second-order valence-electron chi connectivity index (χ2n) is 9.62. The van der Waals surface area contributed by atoms with Crippen LogP contribution in [-0.2, 0) is 17.8 Å². The lowest BCUT2D eigenvalue weighted by Gasteiger charge is -2.36. The van der Waals surface area contributed by atoms with Crippen molar-refractivity contribution in [1.29, 1.82) is 0 Å². The predicted octanol–water partition coefficient (Wildman–Crippen LogP) is 3.92. The van der Waals surface area contributed by atoms with E-state index < -0.39 is 30.4 Å². The summed E-state index contributed by atoms with van der Waals surface area (Å²) in [5.74, 6) is -3.70. The predicted molar refractivity (Wildman–Crippen MR) is 139 cm³/mol. The molecule has 3 aromatic rings. The van der Waals surface area contributed by atoms with Gasteiger partial charge in [0, 0.05) is 23.3 Å². The van der Waals surface area contributed by atoms with E-state index in [-0.39, 0.29) is 54.1 Å². The van der Waals surface area contributed by atoms with Gasteiger partial charge >= 0.3 is 0 Å². The number of carbonyl (C=O) groups is 1. The van der Waals surface area contributed by atoms with Crippen LogP contribution in [0.1, 0.15) is 29.9 Å². The third-order valence-electron chi connectivity index (χ3n) is 6.83. The number of halogens is 5. The van der Waals surface area contributed by atoms with Gasteiger partial charge in [0.15, 0.2) is 0 Å². The third kappa shape index (κ3) is 5.47. The molecule has 38 heavy (non-hydrogen) atoms. The van der Waals surface area contributed by atoms with Gasteiger partial charge in [-0.15, -0.1) is 0 Å². The van der Waals surface area contributed by atoms with E-state index in [0.717, 1.165) is 17.2 Å². The summed E-state index contributed by atoms with van der Waals surface area (Å²) in [5, 5.41) is 6.48. The van der Waals surface area contributed by atoms with Crippen LogP contribution in [0.3, 0.4) is 0 Å². The summed E-state index contributed by atoms with van der Waals surface area (Å²) in [7, 11) is 0. The molecule has 3 N–H and O–H groups in total. The molecule has 1 unspecified atom stereocenters. The van der Waals surface area contributed by atoms with Crippen LogP contribution in [0.25, 0.3) is 10.9 Å². The molecule has 202 valence electrons. The highest BCUT2D eigenvalue weighted by Gasteiger charge is 2.35. The van der Waals surface area contributed by atoms with E-state index in [2.05, 4.69) is 20.6 Å². The lowest BCUT2D eigenvalue weighted by Crippen LogP contribution is -2.53. The van der Waals surface area contributed by atoms with Gasteiger partial charge in [0.2, 0.25) is 5.91 Å². The molecule has 1 amide bonds. The van der Waals surface area contributed by atoms with Gasteiger partial charge in [0.25, 0.3) is 11.5 Å². The number of carbonyl (C=O) groups excluding carboxylic acids is 1. The number of benzene rings is 2. The monoisotopic (exact) mass is 568 g/mol. The van der Waals surface area contributed by atoms with Gasteiger partial charge in [-0.3, -0.25) is 19.8 Å². The topological polar surface area (TPSA) is 93.4 Å². The molecule has 1 fully saturated rings. The van der Waals surface area contributed by atoms with Crippen LogP contribution >= 0.6 is 23.2 Å². The minimum Gasteiger partial charge on any atom is -0.374 e. The van der Waals surface area contributed by atoms with Gasteiger partial charge in [0.05, 0.1) is 48.8 Å². The lowest BCUT2D eigenvalue weighted by molar-refractivity contribution is -0.131. The first-order valence-electron chi connectivity index (χ1n) is 12.1. The Hall–Kier alpha value is -2.86. The summed E-state index contributed by atoms with van der Waals surface area (Å²) in [6.45, 7) is 1.44. The second-order valence-corrected chi connectivity index (χ2v) is 10.5. The molecule has 2 aromatic carbocycles. The van der Waals surface area contributed by atoms with Crippen LogP contribution in [-0.4, -0.2) is 64.4 Å². The number of alkyl halides is 2. The van der Waals surface area contributed by atoms with Crippen LogP contribution in [0.5, 0.6) is 0 Å². The maximum atomic E-state index is 14.8. The van der Waals surface area contributed by atoms with E-state index in [1.165, 1.54) is 11.0 Å². The van der Waals surface area contributed by atoms with Gasteiger partial charge in [-0.2, -0.15) is 0 Å². The van der Waals surface area contributed by atoms with Crippen LogP contribution in [0.2, 0.25) is 10.0 Å². The maximum Gasteiger partial charge on any atom is 0.272 e. The molecular weight excluding hydrogens is 544 g/mol. The van der Waals surface area contributed by atoms with E-state index in [1.807, 2.05) is 13.0 Å². The summed E-state index contributed by atoms with van der Waals surface area (Å²) in [6, 6.07) is 5.58. The van der Waals surface area contributed by atoms with E-state index >= 15 is 0 Å². The number of amides is 1. The summed E-state index contributed by atoms with van der Waals surface area (Å²) >= 11 is 12.5. The molecule has 2 aliphatic heterocycles. The highest BCUT2D eigenvalue weighted by Crippen LogP contribution is 2.37. The number of hydrogen-bond donors (Lipinski definition) is 3. The minimum atomic E-state index is -2.89. The van der Waals surface area contributed by atoms with Crippen molar-refractivity contribution in [2.75, 3.05) is 38.2 Å². The van der Waals surface area contributed by atoms with Crippen molar-refractivity contribution in [2.45, 2.75) is 31.9 Å². The first-order valence-corrected chi connectivity index (χ1v) is 12.8. The van der Waals surface area contributed by atoms with E-state index in [9.17, 15) is 22.8 Å². The number of nitrogens with zero attached hydrogens (tertiary/aromatic N) is 3. The molecular formula is C25H25Cl2F3N6O2. The number of anilines is 1. The summed E-state index contributed by atoms with van der Waals surface area (Å²) in [6.07, 6.45) is 0.587. The van der Waals surface area contributed by atoms with Crippen molar-refractivity contribution in [3.63, 3.8) is 0 Å². The number of H-pyrrole nitrogens is 1. The quantitative estimate of drug-likeness (QED) is 0.432. The van der Waals surface area contributed by atoms with Crippen molar-refractivity contribution >= 4 is 45.7 Å². The van der Waals surface area contributed by atoms with Gasteiger partial charge in [0.1, 0.15) is 11.6 Å². The van der Waals surface area contributed by atoms with Crippen molar-refractivity contribution in [1.82, 2.24) is 25.1 Å². The molecule has 1 atom stereocenters. The number of aromatic nitrogens is 2. The summed E-state index contributed by atoms with van der Waals surface area (Å²) in [4.78, 5) is 35.6. The van der Waals surface area contributed by atoms with Crippen molar-refractivity contribution in [3.8, 4) is 0 Å². The molecule has 13 heteroatoms. The number of hydrogen-bond acceptors (Lipinski definition) is 6. The first kappa shape index (κ1) is 26.7. The zero-order valence-corrected chi connectivity index (χ0v) is 21.9. The largest absolute Gasteiger partial charge is 0.374 e. The molecule has 1 saturated heterocycles. The van der Waals surface area contributed by atoms with Crippen LogP contribution in [0.4, 0.5) is 18.9 Å². The molecule has 2 aliphatic rings. The average molecular weight is 569 g/mol. The maximum absolute atomic E-state index is 14.8. The van der Waals surface area contributed by atoms with Gasteiger partial charge in [-0.1, -0.05) is 23.2 Å².